The molecule has 0 spiro atoms. The molecule has 0 unspecified atom stereocenters. The summed E-state index contributed by atoms with van der Waals surface area (Å²) in [6.45, 7) is 1.95. The summed E-state index contributed by atoms with van der Waals surface area (Å²) in [6, 6.07) is 14.6. The monoisotopic (exact) mass is 292 g/mol. The highest BCUT2D eigenvalue weighted by Gasteiger charge is 2.12. The van der Waals surface area contributed by atoms with Gasteiger partial charge in [-0.1, -0.05) is 23.8 Å². The SMILES string of the molecule is Cc1cccc(C(=O)CCC(=O)c2ccc3occc3c2)c1. The van der Waals surface area contributed by atoms with E-state index in [-0.39, 0.29) is 24.4 Å². The standard InChI is InChI=1S/C19H16O3/c1-13-3-2-4-14(11-13)17(20)6-7-18(21)15-5-8-19-16(12-15)9-10-22-19/h2-5,8-12H,6-7H2,1H3. The molecule has 0 radical (unpaired) electrons. The van der Waals surface area contributed by atoms with E-state index in [0.717, 1.165) is 16.5 Å². The van der Waals surface area contributed by atoms with Gasteiger partial charge in [0.1, 0.15) is 5.58 Å². The van der Waals surface area contributed by atoms with Crippen LogP contribution in [0.15, 0.2) is 59.2 Å². The number of carbonyl (C=O) groups is 2. The van der Waals surface area contributed by atoms with Crippen LogP contribution < -0.4 is 0 Å². The minimum Gasteiger partial charge on any atom is -0.464 e. The zero-order chi connectivity index (χ0) is 15.5. The molecule has 2 aromatic carbocycles. The highest BCUT2D eigenvalue weighted by Crippen LogP contribution is 2.18. The number of furan rings is 1. The molecule has 0 amide bonds. The van der Waals surface area contributed by atoms with Crippen LogP contribution in [-0.4, -0.2) is 11.6 Å². The molecule has 0 aliphatic carbocycles. The van der Waals surface area contributed by atoms with Crippen LogP contribution >= 0.6 is 0 Å². The first-order valence-electron chi connectivity index (χ1n) is 7.24. The van der Waals surface area contributed by atoms with Gasteiger partial charge in [0.05, 0.1) is 6.26 Å². The smallest absolute Gasteiger partial charge is 0.163 e. The maximum absolute atomic E-state index is 12.2. The number of carbonyl (C=O) groups excluding carboxylic acids is 2. The molecular formula is C19H16O3. The van der Waals surface area contributed by atoms with Crippen LogP contribution in [0.5, 0.6) is 0 Å². The lowest BCUT2D eigenvalue weighted by Gasteiger charge is -2.03. The third-order valence-electron chi connectivity index (χ3n) is 3.69. The van der Waals surface area contributed by atoms with E-state index in [9.17, 15) is 9.59 Å². The number of hydrogen-bond donors (Lipinski definition) is 0. The van der Waals surface area contributed by atoms with Gasteiger partial charge in [-0.3, -0.25) is 9.59 Å². The fourth-order valence-corrected chi connectivity index (χ4v) is 2.47. The van der Waals surface area contributed by atoms with Crippen molar-refractivity contribution in [2.75, 3.05) is 0 Å². The van der Waals surface area contributed by atoms with Gasteiger partial charge in [-0.25, -0.2) is 0 Å². The average molecular weight is 292 g/mol. The van der Waals surface area contributed by atoms with E-state index in [1.54, 1.807) is 30.5 Å². The molecule has 1 aromatic heterocycles. The normalized spacial score (nSPS) is 10.8. The van der Waals surface area contributed by atoms with E-state index >= 15 is 0 Å². The highest BCUT2D eigenvalue weighted by molar-refractivity contribution is 6.03. The number of rotatable bonds is 5. The van der Waals surface area contributed by atoms with Gasteiger partial charge >= 0.3 is 0 Å². The molecule has 0 aliphatic rings. The maximum atomic E-state index is 12.2. The van der Waals surface area contributed by atoms with Crippen LogP contribution in [0.1, 0.15) is 39.1 Å². The van der Waals surface area contributed by atoms with Crippen molar-refractivity contribution in [3.05, 3.63) is 71.5 Å². The topological polar surface area (TPSA) is 47.3 Å². The van der Waals surface area contributed by atoms with Gasteiger partial charge < -0.3 is 4.42 Å². The largest absolute Gasteiger partial charge is 0.464 e. The van der Waals surface area contributed by atoms with Crippen molar-refractivity contribution in [1.82, 2.24) is 0 Å². The zero-order valence-corrected chi connectivity index (χ0v) is 12.3. The first kappa shape index (κ1) is 14.3. The molecule has 1 heterocycles. The lowest BCUT2D eigenvalue weighted by molar-refractivity contribution is 0.0917. The molecule has 3 rings (SSSR count). The van der Waals surface area contributed by atoms with Crippen LogP contribution in [-0.2, 0) is 0 Å². The molecule has 0 saturated carbocycles. The van der Waals surface area contributed by atoms with Crippen LogP contribution in [0.2, 0.25) is 0 Å². The Bertz CT molecular complexity index is 843. The van der Waals surface area contributed by atoms with Crippen molar-refractivity contribution in [3.8, 4) is 0 Å². The summed E-state index contributed by atoms with van der Waals surface area (Å²) in [6.07, 6.45) is 2.04. The molecule has 22 heavy (non-hydrogen) atoms. The first-order chi connectivity index (χ1) is 10.6. The Balaban J connectivity index is 1.67. The lowest BCUT2D eigenvalue weighted by Crippen LogP contribution is -2.05. The van der Waals surface area contributed by atoms with Crippen molar-refractivity contribution in [1.29, 1.82) is 0 Å². The number of fused-ring (bicyclic) bond motifs is 1. The molecule has 0 bridgehead atoms. The Kier molecular flexibility index (Phi) is 3.88. The Morgan fingerprint density at radius 1 is 0.909 bits per heavy atom. The van der Waals surface area contributed by atoms with Gasteiger partial charge in [-0.15, -0.1) is 0 Å². The Morgan fingerprint density at radius 3 is 2.36 bits per heavy atom. The fraction of sp³-hybridized carbons (Fsp3) is 0.158. The number of benzene rings is 2. The second-order valence-corrected chi connectivity index (χ2v) is 5.39. The fourth-order valence-electron chi connectivity index (χ4n) is 2.47. The van der Waals surface area contributed by atoms with Gasteiger partial charge in [0, 0.05) is 29.4 Å². The number of aryl methyl sites for hydroxylation is 1. The Labute approximate surface area is 128 Å². The lowest BCUT2D eigenvalue weighted by atomic mass is 10.00. The van der Waals surface area contributed by atoms with E-state index in [0.29, 0.717) is 11.1 Å². The minimum absolute atomic E-state index is 0.00133. The highest BCUT2D eigenvalue weighted by atomic mass is 16.3. The predicted molar refractivity (Wildman–Crippen MR) is 85.3 cm³/mol. The third kappa shape index (κ3) is 2.98. The van der Waals surface area contributed by atoms with Crippen LogP contribution in [0.25, 0.3) is 11.0 Å². The summed E-state index contributed by atoms with van der Waals surface area (Å²) in [5, 5.41) is 0.899. The summed E-state index contributed by atoms with van der Waals surface area (Å²) in [5.41, 5.74) is 3.08. The second kappa shape index (κ2) is 5.98. The molecule has 0 saturated heterocycles. The van der Waals surface area contributed by atoms with Crippen molar-refractivity contribution < 1.29 is 14.0 Å². The van der Waals surface area contributed by atoms with E-state index in [2.05, 4.69) is 0 Å². The molecular weight excluding hydrogens is 276 g/mol. The van der Waals surface area contributed by atoms with Gasteiger partial charge in [0.2, 0.25) is 0 Å². The van der Waals surface area contributed by atoms with Crippen LogP contribution in [0.3, 0.4) is 0 Å². The molecule has 0 aliphatic heterocycles. The maximum Gasteiger partial charge on any atom is 0.163 e. The summed E-state index contributed by atoms with van der Waals surface area (Å²) >= 11 is 0. The van der Waals surface area contributed by atoms with E-state index in [1.165, 1.54) is 0 Å². The molecule has 0 N–H and O–H groups in total. The Morgan fingerprint density at radius 2 is 1.64 bits per heavy atom. The second-order valence-electron chi connectivity index (χ2n) is 5.39. The molecule has 0 fully saturated rings. The quantitative estimate of drug-likeness (QED) is 0.646. The van der Waals surface area contributed by atoms with Crippen molar-refractivity contribution >= 4 is 22.5 Å². The summed E-state index contributed by atoms with van der Waals surface area (Å²) < 4.78 is 5.25. The van der Waals surface area contributed by atoms with Crippen LogP contribution in [0.4, 0.5) is 0 Å². The van der Waals surface area contributed by atoms with Gasteiger partial charge in [-0.05, 0) is 37.3 Å². The molecule has 110 valence electrons. The molecule has 3 nitrogen and oxygen atoms in total. The van der Waals surface area contributed by atoms with Crippen LogP contribution in [0, 0.1) is 6.92 Å². The minimum atomic E-state index is -0.0240. The molecule has 3 aromatic rings. The van der Waals surface area contributed by atoms with Crippen molar-refractivity contribution in [2.24, 2.45) is 0 Å². The van der Waals surface area contributed by atoms with E-state index < -0.39 is 0 Å². The summed E-state index contributed by atoms with van der Waals surface area (Å²) in [4.78, 5) is 24.4. The van der Waals surface area contributed by atoms with Crippen molar-refractivity contribution in [3.63, 3.8) is 0 Å². The Hall–Kier alpha value is -2.68. The van der Waals surface area contributed by atoms with E-state index in [1.807, 2.05) is 31.2 Å². The number of hydrogen-bond acceptors (Lipinski definition) is 3. The van der Waals surface area contributed by atoms with Crippen molar-refractivity contribution in [2.45, 2.75) is 19.8 Å². The van der Waals surface area contributed by atoms with Gasteiger partial charge in [-0.2, -0.15) is 0 Å². The average Bonchev–Trinajstić information content (AvgIpc) is 2.99. The first-order valence-corrected chi connectivity index (χ1v) is 7.24. The number of Topliss-reactive ketones (excluding diaryl/α,β-unsaturated/α-hetero) is 2. The summed E-state index contributed by atoms with van der Waals surface area (Å²) in [5.74, 6) is -0.0226. The van der Waals surface area contributed by atoms with E-state index in [4.69, 9.17) is 4.42 Å². The number of ketones is 2. The zero-order valence-electron chi connectivity index (χ0n) is 12.3. The van der Waals surface area contributed by atoms with Gasteiger partial charge in [0.25, 0.3) is 0 Å². The summed E-state index contributed by atoms with van der Waals surface area (Å²) in [7, 11) is 0. The molecule has 0 atom stereocenters. The third-order valence-corrected chi connectivity index (χ3v) is 3.69. The predicted octanol–water partition coefficient (Wildman–Crippen LogP) is 4.59. The van der Waals surface area contributed by atoms with Gasteiger partial charge in [0.15, 0.2) is 11.6 Å². The molecule has 3 heteroatoms.